The summed E-state index contributed by atoms with van der Waals surface area (Å²) in [4.78, 5) is 98.3. The second-order valence-electron chi connectivity index (χ2n) is 16.6. The van der Waals surface area contributed by atoms with E-state index in [1.54, 1.807) is 58.9 Å². The van der Waals surface area contributed by atoms with Crippen LogP contribution in [0.15, 0.2) is 59.0 Å². The molecular weight excluding hydrogens is 1050 g/mol. The number of aryl methyl sites for hydroxylation is 2. The van der Waals surface area contributed by atoms with E-state index in [0.717, 1.165) is 27.4 Å². The number of aromatic nitrogens is 8. The zero-order chi connectivity index (χ0) is 54.7. The van der Waals surface area contributed by atoms with Crippen LogP contribution in [0.1, 0.15) is 72.1 Å². The van der Waals surface area contributed by atoms with Gasteiger partial charge in [0.05, 0.1) is 77.8 Å². The van der Waals surface area contributed by atoms with Crippen LogP contribution >= 0.6 is 45.9 Å². The van der Waals surface area contributed by atoms with Crippen LogP contribution in [0.3, 0.4) is 0 Å². The van der Waals surface area contributed by atoms with Gasteiger partial charge in [0.1, 0.15) is 27.2 Å². The molecule has 0 radical (unpaired) electrons. The number of esters is 1. The molecular formula is C46H48Cl2N10O14S2. The number of nitrogens with zero attached hydrogens (tertiary/aromatic N) is 10. The minimum Gasteiger partial charge on any atom is -0.494 e. The smallest absolute Gasteiger partial charge is 0.312 e. The highest BCUT2D eigenvalue weighted by atomic mass is 35.5. The second kappa shape index (κ2) is 24.8. The van der Waals surface area contributed by atoms with Crippen LogP contribution in [0.25, 0.3) is 22.3 Å². The Bertz CT molecular complexity index is 3260. The standard InChI is InChI=1S/C25H28ClN5O7S.C21H20ClN5O7S/c1-13-7-14(15-8-18(26)28-11-17(15)37-5)16(10-27-13)20(34)29-22-31(30-23(38-6)39-22)12-25(21(35)36,9-19(32)33)24(2,3)4;1-11-6-12(13-7-16(22)24-9-15(13)32-2)14(8-23-11)19(31)25-20-27(26-21(33-3)35-20)10-34-18(30)5-4-17(28)29/h7-8,10-11H,9,12H2,1-6H3,(H,32,33)(H,35,36);6-9H,4-5,10H2,1-3H3,(H,28,29). The van der Waals surface area contributed by atoms with Gasteiger partial charge in [-0.15, -0.1) is 10.2 Å². The normalized spacial score (nSPS) is 12.5. The highest BCUT2D eigenvalue weighted by molar-refractivity contribution is 7.11. The Morgan fingerprint density at radius 2 is 1.08 bits per heavy atom. The third kappa shape index (κ3) is 14.1. The Hall–Kier alpha value is -7.68. The molecule has 0 aliphatic rings. The number of methoxy groups -OCH3 is 4. The number of carboxylic acids is 3. The van der Waals surface area contributed by atoms with Gasteiger partial charge in [-0.25, -0.2) is 14.6 Å². The van der Waals surface area contributed by atoms with Crippen LogP contribution < -0.4 is 28.6 Å². The number of carboxylic acid groups (broad SMARTS) is 3. The first-order valence-corrected chi connectivity index (χ1v) is 23.9. The fraction of sp³-hybridized carbons (Fsp3) is 0.348. The summed E-state index contributed by atoms with van der Waals surface area (Å²) in [5.41, 5.74) is 0.705. The molecule has 2 amide bonds. The third-order valence-corrected chi connectivity index (χ3v) is 13.0. The van der Waals surface area contributed by atoms with E-state index in [1.807, 2.05) is 0 Å². The fourth-order valence-corrected chi connectivity index (χ4v) is 8.57. The number of aliphatic carboxylic acids is 3. The van der Waals surface area contributed by atoms with Gasteiger partial charge >= 0.3 is 23.9 Å². The molecule has 6 rings (SSSR count). The van der Waals surface area contributed by atoms with Crippen molar-refractivity contribution in [3.05, 3.63) is 91.5 Å². The first kappa shape index (κ1) is 57.2. The van der Waals surface area contributed by atoms with Gasteiger partial charge in [-0.2, -0.15) is 14.7 Å². The Morgan fingerprint density at radius 3 is 1.49 bits per heavy atom. The average molecular weight is 1100 g/mol. The Morgan fingerprint density at radius 1 is 0.622 bits per heavy atom. The molecule has 6 heterocycles. The van der Waals surface area contributed by atoms with Crippen LogP contribution in [0.2, 0.25) is 10.3 Å². The summed E-state index contributed by atoms with van der Waals surface area (Å²) in [5, 5.41) is 37.4. The lowest BCUT2D eigenvalue weighted by Gasteiger charge is -2.39. The molecule has 24 nitrogen and oxygen atoms in total. The maximum absolute atomic E-state index is 13.5. The van der Waals surface area contributed by atoms with E-state index in [1.165, 1.54) is 57.9 Å². The first-order valence-electron chi connectivity index (χ1n) is 21.5. The van der Waals surface area contributed by atoms with E-state index in [2.05, 4.69) is 40.1 Å². The topological polar surface area (TPSA) is 321 Å². The lowest BCUT2D eigenvalue weighted by molar-refractivity contribution is -0.165. The number of hydrogen-bond donors (Lipinski definition) is 3. The van der Waals surface area contributed by atoms with E-state index >= 15 is 0 Å². The van der Waals surface area contributed by atoms with E-state index < -0.39 is 59.7 Å². The van der Waals surface area contributed by atoms with Crippen molar-refractivity contribution in [1.29, 1.82) is 0 Å². The Labute approximate surface area is 438 Å². The van der Waals surface area contributed by atoms with Crippen molar-refractivity contribution in [2.45, 2.75) is 67.2 Å². The van der Waals surface area contributed by atoms with Gasteiger partial charge in [-0.05, 0) is 66.2 Å². The molecule has 0 aliphatic carbocycles. The average Bonchev–Trinajstić information content (AvgIpc) is 3.93. The van der Waals surface area contributed by atoms with Crippen LogP contribution in [0.4, 0.5) is 0 Å². The quantitative estimate of drug-likeness (QED) is 0.0637. The summed E-state index contributed by atoms with van der Waals surface area (Å²) in [5.74, 6) is -5.06. The predicted octanol–water partition coefficient (Wildman–Crippen LogP) is 6.20. The van der Waals surface area contributed by atoms with E-state index in [-0.39, 0.29) is 60.8 Å². The van der Waals surface area contributed by atoms with E-state index in [4.69, 9.17) is 52.0 Å². The molecule has 74 heavy (non-hydrogen) atoms. The molecule has 0 spiro atoms. The Kier molecular flexibility index (Phi) is 19.2. The molecule has 1 atom stereocenters. The molecule has 6 aromatic heterocycles. The summed E-state index contributed by atoms with van der Waals surface area (Å²) in [6, 6.07) is 6.50. The van der Waals surface area contributed by atoms with Gasteiger partial charge in [-0.3, -0.25) is 38.7 Å². The summed E-state index contributed by atoms with van der Waals surface area (Å²) in [6.45, 7) is 7.65. The first-order chi connectivity index (χ1) is 34.9. The van der Waals surface area contributed by atoms with Crippen molar-refractivity contribution in [3.63, 3.8) is 0 Å². The molecule has 0 saturated heterocycles. The molecule has 28 heteroatoms. The predicted molar refractivity (Wildman–Crippen MR) is 265 cm³/mol. The number of hydrogen-bond acceptors (Lipinski definition) is 19. The van der Waals surface area contributed by atoms with E-state index in [9.17, 15) is 39.0 Å². The highest BCUT2D eigenvalue weighted by Crippen LogP contribution is 2.44. The summed E-state index contributed by atoms with van der Waals surface area (Å²) < 4.78 is 28.5. The number of halogens is 2. The van der Waals surface area contributed by atoms with Crippen molar-refractivity contribution in [2.24, 2.45) is 20.8 Å². The zero-order valence-electron chi connectivity index (χ0n) is 41.0. The maximum atomic E-state index is 13.5. The molecule has 0 bridgehead atoms. The molecule has 0 saturated carbocycles. The van der Waals surface area contributed by atoms with Gasteiger partial charge in [-0.1, -0.05) is 44.0 Å². The molecule has 392 valence electrons. The molecule has 0 aliphatic heterocycles. The lowest BCUT2D eigenvalue weighted by atomic mass is 9.64. The Balaban J connectivity index is 0.000000276. The summed E-state index contributed by atoms with van der Waals surface area (Å²) >= 11 is 14.0. The van der Waals surface area contributed by atoms with Gasteiger partial charge < -0.3 is 39.0 Å². The SMILES string of the molecule is COc1nn(CC(CC(=O)O)(C(=O)O)C(C)(C)C)c(=NC(=O)c2cnc(C)cc2-c2cc(Cl)ncc2OC)s1.COc1nn(COC(=O)CCC(=O)O)c(=NC(=O)c2cnc(C)cc2-c2cc(Cl)ncc2OC)s1. The van der Waals surface area contributed by atoms with Gasteiger partial charge in [0.2, 0.25) is 9.60 Å². The highest BCUT2D eigenvalue weighted by Gasteiger charge is 2.51. The van der Waals surface area contributed by atoms with Crippen molar-refractivity contribution >= 4 is 81.6 Å². The van der Waals surface area contributed by atoms with Crippen molar-refractivity contribution in [1.82, 2.24) is 39.5 Å². The lowest BCUT2D eigenvalue weighted by Crippen LogP contribution is -2.49. The van der Waals surface area contributed by atoms with Gasteiger partial charge in [0.15, 0.2) is 6.73 Å². The number of carbonyl (C=O) groups excluding carboxylic acids is 3. The van der Waals surface area contributed by atoms with Crippen molar-refractivity contribution < 1.29 is 67.8 Å². The molecule has 1 unspecified atom stereocenters. The van der Waals surface area contributed by atoms with Gasteiger partial charge in [0, 0.05) is 46.0 Å². The van der Waals surface area contributed by atoms with Gasteiger partial charge in [0.25, 0.3) is 22.2 Å². The minimum absolute atomic E-state index is 0.0170. The largest absolute Gasteiger partial charge is 0.494 e. The molecule has 0 fully saturated rings. The molecule has 6 aromatic rings. The van der Waals surface area contributed by atoms with Crippen LogP contribution in [-0.2, 0) is 37.2 Å². The number of carbonyl (C=O) groups is 6. The number of ether oxygens (including phenoxy) is 5. The molecule has 0 aromatic carbocycles. The van der Waals surface area contributed by atoms with Crippen LogP contribution in [0, 0.1) is 24.7 Å². The summed E-state index contributed by atoms with van der Waals surface area (Å²) in [7, 11) is 5.68. The fourth-order valence-electron chi connectivity index (χ4n) is 6.83. The minimum atomic E-state index is -1.78. The van der Waals surface area contributed by atoms with Crippen LogP contribution in [0.5, 0.6) is 21.9 Å². The number of pyridine rings is 4. The third-order valence-electron chi connectivity index (χ3n) is 10.8. The monoisotopic (exact) mass is 1100 g/mol. The molecule has 3 N–H and O–H groups in total. The maximum Gasteiger partial charge on any atom is 0.312 e. The van der Waals surface area contributed by atoms with Crippen LogP contribution in [-0.4, -0.2) is 119 Å². The zero-order valence-corrected chi connectivity index (χ0v) is 44.2. The second-order valence-corrected chi connectivity index (χ2v) is 19.2. The van der Waals surface area contributed by atoms with Crippen molar-refractivity contribution in [3.8, 4) is 44.1 Å². The summed E-state index contributed by atoms with van der Waals surface area (Å²) in [6.07, 6.45) is 4.27. The van der Waals surface area contributed by atoms with Crippen molar-refractivity contribution in [2.75, 3.05) is 28.4 Å². The number of rotatable bonds is 18. The number of amides is 2. The van der Waals surface area contributed by atoms with E-state index in [0.29, 0.717) is 45.1 Å².